The molecular weight excluding hydrogens is 477 g/mol. The summed E-state index contributed by atoms with van der Waals surface area (Å²) < 4.78 is 56.4. The summed E-state index contributed by atoms with van der Waals surface area (Å²) in [4.78, 5) is 18.0. The van der Waals surface area contributed by atoms with Gasteiger partial charge >= 0.3 is 6.18 Å². The second kappa shape index (κ2) is 8.59. The Morgan fingerprint density at radius 1 is 1.11 bits per heavy atom. The number of fused-ring (bicyclic) bond motifs is 2. The molecule has 11 heteroatoms. The highest BCUT2D eigenvalue weighted by atomic mass is 19.4. The van der Waals surface area contributed by atoms with E-state index >= 15 is 0 Å². The topological polar surface area (TPSA) is 86.1 Å². The first-order valence-electron chi connectivity index (χ1n) is 11.1. The van der Waals surface area contributed by atoms with Crippen LogP contribution >= 0.6 is 0 Å². The predicted molar refractivity (Wildman–Crippen MR) is 128 cm³/mol. The first kappa shape index (κ1) is 23.7. The van der Waals surface area contributed by atoms with Gasteiger partial charge in [-0.25, -0.2) is 0 Å². The average Bonchev–Trinajstić information content (AvgIpc) is 3.15. The molecule has 2 aliphatic rings. The summed E-state index contributed by atoms with van der Waals surface area (Å²) in [6, 6.07) is 13.6. The Bertz CT molecular complexity index is 1400. The molecule has 36 heavy (non-hydrogen) atoms. The summed E-state index contributed by atoms with van der Waals surface area (Å²) in [5.41, 5.74) is 1.60. The number of hydrogen-bond acceptors (Lipinski definition) is 7. The van der Waals surface area contributed by atoms with Gasteiger partial charge in [0.1, 0.15) is 11.6 Å². The van der Waals surface area contributed by atoms with Crippen molar-refractivity contribution in [1.29, 1.82) is 0 Å². The van der Waals surface area contributed by atoms with Crippen LogP contribution in [0.25, 0.3) is 16.8 Å². The third kappa shape index (κ3) is 4.61. The molecule has 0 spiro atoms. The lowest BCUT2D eigenvalue weighted by atomic mass is 10.0. The fourth-order valence-electron chi connectivity index (χ4n) is 4.10. The van der Waals surface area contributed by atoms with E-state index < -0.39 is 24.8 Å². The van der Waals surface area contributed by atoms with E-state index in [0.717, 1.165) is 0 Å². The van der Waals surface area contributed by atoms with Gasteiger partial charge in [0.05, 0.1) is 19.3 Å². The number of pyridine rings is 1. The van der Waals surface area contributed by atoms with Gasteiger partial charge in [0.25, 0.3) is 5.56 Å². The lowest BCUT2D eigenvalue weighted by Gasteiger charge is -2.26. The van der Waals surface area contributed by atoms with Crippen molar-refractivity contribution >= 4 is 12.0 Å². The van der Waals surface area contributed by atoms with Gasteiger partial charge in [0, 0.05) is 31.2 Å². The van der Waals surface area contributed by atoms with E-state index in [1.165, 1.54) is 17.9 Å². The summed E-state index contributed by atoms with van der Waals surface area (Å²) in [7, 11) is 1.53. The Hall–Kier alpha value is -3.99. The number of hydrogen-bond donors (Lipinski definition) is 2. The maximum Gasteiger partial charge on any atom is 0.401 e. The largest absolute Gasteiger partial charge is 0.497 e. The number of rotatable bonds is 5. The van der Waals surface area contributed by atoms with Crippen LogP contribution in [-0.4, -0.2) is 42.7 Å². The molecule has 3 heterocycles. The Labute approximate surface area is 204 Å². The van der Waals surface area contributed by atoms with Crippen molar-refractivity contribution in [3.8, 4) is 34.1 Å². The maximum atomic E-state index is 13.8. The van der Waals surface area contributed by atoms with Crippen molar-refractivity contribution in [2.75, 3.05) is 19.0 Å². The number of aliphatic imine (C=N–C) groups is 1. The van der Waals surface area contributed by atoms with E-state index in [1.807, 2.05) is 0 Å². The minimum absolute atomic E-state index is 0.311. The van der Waals surface area contributed by atoms with Crippen molar-refractivity contribution in [3.63, 3.8) is 0 Å². The zero-order chi connectivity index (χ0) is 25.7. The predicted octanol–water partition coefficient (Wildman–Crippen LogP) is 4.30. The highest BCUT2D eigenvalue weighted by molar-refractivity contribution is 5.91. The number of alkyl halides is 3. The zero-order valence-electron chi connectivity index (χ0n) is 19.6. The first-order valence-corrected chi connectivity index (χ1v) is 11.1. The van der Waals surface area contributed by atoms with Crippen LogP contribution in [0, 0.1) is 0 Å². The number of benzene rings is 2. The van der Waals surface area contributed by atoms with Gasteiger partial charge in [-0.15, -0.1) is 0 Å². The minimum atomic E-state index is -4.41. The lowest BCUT2D eigenvalue weighted by molar-refractivity contribution is -0.125. The van der Waals surface area contributed by atoms with Crippen LogP contribution in [0.1, 0.15) is 19.4 Å². The van der Waals surface area contributed by atoms with Crippen LogP contribution in [0.15, 0.2) is 58.3 Å². The van der Waals surface area contributed by atoms with E-state index in [4.69, 9.17) is 14.2 Å². The first-order chi connectivity index (χ1) is 17.0. The number of aromatic nitrogens is 1. The Morgan fingerprint density at radius 3 is 2.53 bits per heavy atom. The quantitative estimate of drug-likeness (QED) is 0.544. The van der Waals surface area contributed by atoms with Gasteiger partial charge in [0.15, 0.2) is 17.8 Å². The van der Waals surface area contributed by atoms with Crippen LogP contribution in [0.2, 0.25) is 0 Å². The fraction of sp³-hybridized carbons (Fsp3) is 0.280. The van der Waals surface area contributed by atoms with E-state index in [2.05, 4.69) is 15.6 Å². The van der Waals surface area contributed by atoms with Crippen molar-refractivity contribution in [1.82, 2.24) is 9.88 Å². The summed E-state index contributed by atoms with van der Waals surface area (Å²) in [6.45, 7) is 2.33. The minimum Gasteiger partial charge on any atom is -0.497 e. The molecule has 0 amide bonds. The molecule has 8 nitrogen and oxygen atoms in total. The molecule has 1 unspecified atom stereocenters. The van der Waals surface area contributed by atoms with E-state index in [1.54, 1.807) is 62.4 Å². The molecule has 0 saturated carbocycles. The highest BCUT2D eigenvalue weighted by Crippen LogP contribution is 2.41. The maximum absolute atomic E-state index is 13.8. The van der Waals surface area contributed by atoms with Gasteiger partial charge in [-0.05, 0) is 48.0 Å². The molecule has 0 aliphatic carbocycles. The highest BCUT2D eigenvalue weighted by Gasteiger charge is 2.33. The second-order valence-electron chi connectivity index (χ2n) is 8.79. The molecule has 1 aromatic heterocycles. The van der Waals surface area contributed by atoms with Crippen molar-refractivity contribution in [2.45, 2.75) is 32.1 Å². The molecule has 0 fully saturated rings. The van der Waals surface area contributed by atoms with Crippen LogP contribution in [-0.2, 0) is 0 Å². The number of nitrogens with zero attached hydrogens (tertiary/aromatic N) is 2. The Kier molecular flexibility index (Phi) is 5.67. The molecule has 188 valence electrons. The van der Waals surface area contributed by atoms with Gasteiger partial charge < -0.3 is 19.5 Å². The summed E-state index contributed by atoms with van der Waals surface area (Å²) >= 11 is 0. The van der Waals surface area contributed by atoms with Crippen molar-refractivity contribution < 1.29 is 27.4 Å². The van der Waals surface area contributed by atoms with Crippen LogP contribution in [0.4, 0.5) is 19.0 Å². The Morgan fingerprint density at radius 2 is 1.83 bits per heavy atom. The summed E-state index contributed by atoms with van der Waals surface area (Å²) in [5, 5.41) is 5.22. The van der Waals surface area contributed by atoms with E-state index in [-0.39, 0.29) is 5.56 Å². The molecule has 2 aliphatic heterocycles. The van der Waals surface area contributed by atoms with Crippen molar-refractivity contribution in [3.05, 3.63) is 64.4 Å². The van der Waals surface area contributed by atoms with Crippen LogP contribution in [0.3, 0.4) is 0 Å². The standard InChI is InChI=1S/C25H23F3N4O4/c1-24(2)35-19-9-4-14(11-20(19)36-24)18-10-15-12-29-23(30-13-25(26,27)28)31-21(15)32(22(18)33)16-5-7-17(34-3)8-6-16/h4-12,23,30-31H,13H2,1-3H3. The van der Waals surface area contributed by atoms with Gasteiger partial charge in [0.2, 0.25) is 5.79 Å². The van der Waals surface area contributed by atoms with Gasteiger partial charge in [-0.3, -0.25) is 19.7 Å². The third-order valence-corrected chi connectivity index (χ3v) is 5.66. The zero-order valence-corrected chi connectivity index (χ0v) is 19.6. The van der Waals surface area contributed by atoms with E-state index in [9.17, 15) is 18.0 Å². The Balaban J connectivity index is 1.61. The fourth-order valence-corrected chi connectivity index (χ4v) is 4.10. The van der Waals surface area contributed by atoms with Gasteiger partial charge in [-0.2, -0.15) is 13.2 Å². The van der Waals surface area contributed by atoms with E-state index in [0.29, 0.717) is 45.4 Å². The summed E-state index contributed by atoms with van der Waals surface area (Å²) in [5.74, 6) is 1.16. The molecule has 0 radical (unpaired) electrons. The van der Waals surface area contributed by atoms with Crippen molar-refractivity contribution in [2.24, 2.45) is 4.99 Å². The number of halogens is 3. The third-order valence-electron chi connectivity index (χ3n) is 5.66. The van der Waals surface area contributed by atoms with Gasteiger partial charge in [-0.1, -0.05) is 6.07 Å². The molecule has 2 N–H and O–H groups in total. The molecule has 3 aromatic rings. The molecule has 1 atom stereocenters. The molecule has 0 saturated heterocycles. The monoisotopic (exact) mass is 500 g/mol. The molecule has 0 bridgehead atoms. The van der Waals surface area contributed by atoms with Crippen LogP contribution < -0.4 is 30.4 Å². The normalized spacial score (nSPS) is 17.4. The molecule has 5 rings (SSSR count). The smallest absolute Gasteiger partial charge is 0.401 e. The number of methoxy groups -OCH3 is 1. The lowest BCUT2D eigenvalue weighted by Crippen LogP contribution is -2.43. The number of anilines is 1. The average molecular weight is 500 g/mol. The number of nitrogens with one attached hydrogen (secondary N) is 2. The number of ether oxygens (including phenoxy) is 3. The second-order valence-corrected chi connectivity index (χ2v) is 8.79. The molecule has 2 aromatic carbocycles. The molecular formula is C25H23F3N4O4. The van der Waals surface area contributed by atoms with Crippen LogP contribution in [0.5, 0.6) is 17.2 Å². The SMILES string of the molecule is COc1ccc(-n2c3c(cc(-c4ccc5c(c4)OC(C)(C)O5)c2=O)C=NC(NCC(F)(F)F)N3)cc1. The summed E-state index contributed by atoms with van der Waals surface area (Å²) in [6.07, 6.45) is -4.04.